The Morgan fingerprint density at radius 2 is 1.77 bits per heavy atom. The number of carbonyl (C=O) groups is 1. The van der Waals surface area contributed by atoms with Crippen molar-refractivity contribution in [3.63, 3.8) is 0 Å². The predicted molar refractivity (Wildman–Crippen MR) is 122 cm³/mol. The van der Waals surface area contributed by atoms with Gasteiger partial charge in [0.25, 0.3) is 0 Å². The van der Waals surface area contributed by atoms with E-state index in [9.17, 15) is 9.18 Å². The molecule has 0 radical (unpaired) electrons. The van der Waals surface area contributed by atoms with Crippen LogP contribution in [0, 0.1) is 52.3 Å². The lowest BCUT2D eigenvalue weighted by Crippen LogP contribution is -2.63. The maximum atomic E-state index is 14.4. The van der Waals surface area contributed by atoms with E-state index in [1.54, 1.807) is 0 Å². The molecule has 0 aromatic rings. The zero-order valence-corrected chi connectivity index (χ0v) is 20.2. The highest BCUT2D eigenvalue weighted by atomic mass is 19.1. The van der Waals surface area contributed by atoms with Crippen LogP contribution in [0.3, 0.4) is 0 Å². The van der Waals surface area contributed by atoms with Crippen LogP contribution >= 0.6 is 0 Å². The van der Waals surface area contributed by atoms with Gasteiger partial charge in [0.2, 0.25) is 5.91 Å². The zero-order chi connectivity index (χ0) is 21.7. The lowest BCUT2D eigenvalue weighted by atomic mass is 9.44. The molecule has 1 saturated heterocycles. The molecule has 1 amide bonds. The number of fused-ring (bicyclic) bond motifs is 5. The predicted octanol–water partition coefficient (Wildman–Crippen LogP) is 6.78. The maximum Gasteiger partial charge on any atom is 0.220 e. The summed E-state index contributed by atoms with van der Waals surface area (Å²) >= 11 is 0. The third-order valence-electron chi connectivity index (χ3n) is 10.7. The van der Waals surface area contributed by atoms with Gasteiger partial charge in [-0.25, -0.2) is 0 Å². The number of alkyl halides is 1. The SMILES string of the molecule is CC(C)CCCC(C)C1CCC2C3C(CF)CC4NC(=O)CC[C@]4(C)C3CC[C@]12C. The molecule has 3 heteroatoms. The van der Waals surface area contributed by atoms with Crippen molar-refractivity contribution in [3.05, 3.63) is 0 Å². The molecule has 3 aliphatic carbocycles. The van der Waals surface area contributed by atoms with Crippen molar-refractivity contribution in [2.45, 2.75) is 105 Å². The number of piperidine rings is 1. The van der Waals surface area contributed by atoms with Gasteiger partial charge < -0.3 is 5.32 Å². The molecule has 0 aromatic carbocycles. The number of nitrogens with one attached hydrogen (secondary N) is 1. The van der Waals surface area contributed by atoms with Crippen molar-refractivity contribution in [3.8, 4) is 0 Å². The van der Waals surface area contributed by atoms with Crippen molar-refractivity contribution in [2.75, 3.05) is 6.67 Å². The second-order valence-corrected chi connectivity index (χ2v) is 12.6. The second-order valence-electron chi connectivity index (χ2n) is 12.6. The van der Waals surface area contributed by atoms with Crippen LogP contribution in [0.1, 0.15) is 98.8 Å². The molecular weight excluding hydrogens is 373 g/mol. The molecule has 3 saturated carbocycles. The minimum atomic E-state index is -0.204. The first kappa shape index (κ1) is 22.6. The van der Waals surface area contributed by atoms with Crippen LogP contribution in [0.25, 0.3) is 0 Å². The Labute approximate surface area is 184 Å². The summed E-state index contributed by atoms with van der Waals surface area (Å²) in [6.07, 6.45) is 11.8. The largest absolute Gasteiger partial charge is 0.353 e. The molecule has 4 aliphatic rings. The molecular formula is C27H46FNO. The van der Waals surface area contributed by atoms with Crippen molar-refractivity contribution < 1.29 is 9.18 Å². The summed E-state index contributed by atoms with van der Waals surface area (Å²) in [6, 6.07) is 0.192. The monoisotopic (exact) mass is 419 g/mol. The summed E-state index contributed by atoms with van der Waals surface area (Å²) in [6.45, 7) is 12.0. The van der Waals surface area contributed by atoms with E-state index in [2.05, 4.69) is 39.9 Å². The fourth-order valence-electron chi connectivity index (χ4n) is 9.03. The number of hydrogen-bond donors (Lipinski definition) is 1. The van der Waals surface area contributed by atoms with Gasteiger partial charge in [-0.05, 0) is 90.8 Å². The van der Waals surface area contributed by atoms with Crippen LogP contribution in [0.2, 0.25) is 0 Å². The van der Waals surface area contributed by atoms with Gasteiger partial charge >= 0.3 is 0 Å². The molecule has 4 fully saturated rings. The molecule has 0 aromatic heterocycles. The van der Waals surface area contributed by atoms with E-state index in [0.29, 0.717) is 29.6 Å². The molecule has 2 nitrogen and oxygen atoms in total. The number of amides is 1. The van der Waals surface area contributed by atoms with Crippen LogP contribution < -0.4 is 5.32 Å². The van der Waals surface area contributed by atoms with Gasteiger partial charge in [0, 0.05) is 12.5 Å². The van der Waals surface area contributed by atoms with E-state index in [1.807, 2.05) is 0 Å². The van der Waals surface area contributed by atoms with Crippen LogP contribution in [0.4, 0.5) is 4.39 Å². The Morgan fingerprint density at radius 1 is 1.03 bits per heavy atom. The zero-order valence-electron chi connectivity index (χ0n) is 20.2. The maximum absolute atomic E-state index is 14.4. The number of carbonyl (C=O) groups excluding carboxylic acids is 1. The highest BCUT2D eigenvalue weighted by molar-refractivity contribution is 5.77. The van der Waals surface area contributed by atoms with Crippen molar-refractivity contribution >= 4 is 5.91 Å². The van der Waals surface area contributed by atoms with E-state index >= 15 is 0 Å². The van der Waals surface area contributed by atoms with E-state index < -0.39 is 0 Å². The summed E-state index contributed by atoms with van der Waals surface area (Å²) < 4.78 is 14.4. The summed E-state index contributed by atoms with van der Waals surface area (Å²) in [5.74, 6) is 4.54. The summed E-state index contributed by atoms with van der Waals surface area (Å²) in [4.78, 5) is 12.1. The summed E-state index contributed by atoms with van der Waals surface area (Å²) in [5, 5.41) is 3.28. The Bertz CT molecular complexity index is 634. The van der Waals surface area contributed by atoms with E-state index in [1.165, 1.54) is 44.9 Å². The molecule has 30 heavy (non-hydrogen) atoms. The average molecular weight is 420 g/mol. The molecule has 1 aliphatic heterocycles. The Balaban J connectivity index is 1.54. The number of halogens is 1. The molecule has 9 atom stereocenters. The topological polar surface area (TPSA) is 29.1 Å². The first-order chi connectivity index (χ1) is 14.2. The lowest BCUT2D eigenvalue weighted by Gasteiger charge is -2.62. The number of hydrogen-bond acceptors (Lipinski definition) is 1. The molecule has 7 unspecified atom stereocenters. The Kier molecular flexibility index (Phi) is 6.32. The average Bonchev–Trinajstić information content (AvgIpc) is 3.05. The quantitative estimate of drug-likeness (QED) is 0.505. The first-order valence-electron chi connectivity index (χ1n) is 13.1. The fraction of sp³-hybridized carbons (Fsp3) is 0.963. The summed E-state index contributed by atoms with van der Waals surface area (Å²) in [5.41, 5.74) is 0.569. The fourth-order valence-corrected chi connectivity index (χ4v) is 9.03. The smallest absolute Gasteiger partial charge is 0.220 e. The third-order valence-corrected chi connectivity index (χ3v) is 10.7. The normalized spacial score (nSPS) is 46.7. The van der Waals surface area contributed by atoms with E-state index in [4.69, 9.17) is 0 Å². The van der Waals surface area contributed by atoms with Crippen molar-refractivity contribution in [2.24, 2.45) is 52.3 Å². The highest BCUT2D eigenvalue weighted by Gasteiger charge is 2.63. The van der Waals surface area contributed by atoms with E-state index in [0.717, 1.165) is 30.6 Å². The second kappa shape index (κ2) is 8.39. The highest BCUT2D eigenvalue weighted by Crippen LogP contribution is 2.67. The lowest BCUT2D eigenvalue weighted by molar-refractivity contribution is -0.147. The molecule has 4 rings (SSSR count). The van der Waals surface area contributed by atoms with Gasteiger partial charge in [0.1, 0.15) is 0 Å². The molecule has 1 heterocycles. The van der Waals surface area contributed by atoms with Gasteiger partial charge in [-0.3, -0.25) is 9.18 Å². The molecule has 1 N–H and O–H groups in total. The minimum absolute atomic E-state index is 0.145. The molecule has 172 valence electrons. The minimum Gasteiger partial charge on any atom is -0.353 e. The molecule has 0 bridgehead atoms. The van der Waals surface area contributed by atoms with Gasteiger partial charge in [0.15, 0.2) is 0 Å². The van der Waals surface area contributed by atoms with Crippen LogP contribution in [0.5, 0.6) is 0 Å². The van der Waals surface area contributed by atoms with Gasteiger partial charge in [-0.2, -0.15) is 0 Å². The van der Waals surface area contributed by atoms with E-state index in [-0.39, 0.29) is 30.0 Å². The Morgan fingerprint density at radius 3 is 2.47 bits per heavy atom. The molecule has 0 spiro atoms. The van der Waals surface area contributed by atoms with Crippen molar-refractivity contribution in [1.29, 1.82) is 0 Å². The van der Waals surface area contributed by atoms with Gasteiger partial charge in [0.05, 0.1) is 6.67 Å². The summed E-state index contributed by atoms with van der Waals surface area (Å²) in [7, 11) is 0. The van der Waals surface area contributed by atoms with Crippen LogP contribution in [0.15, 0.2) is 0 Å². The Hall–Kier alpha value is -0.600. The van der Waals surface area contributed by atoms with Gasteiger partial charge in [-0.1, -0.05) is 53.9 Å². The number of rotatable bonds is 6. The third kappa shape index (κ3) is 3.64. The van der Waals surface area contributed by atoms with Crippen LogP contribution in [-0.4, -0.2) is 18.6 Å². The standard InChI is InChI=1S/C27H46FNO/c1-17(2)7-6-8-18(3)20-9-10-21-25-19(16-28)15-23-27(5,14-12-24(30)29-23)22(25)11-13-26(20,21)4/h17-23,25H,6-16H2,1-5H3,(H,29,30)/t18?,19?,20?,21?,22?,23?,25?,26-,27-/m1/s1. The van der Waals surface area contributed by atoms with Gasteiger partial charge in [-0.15, -0.1) is 0 Å². The van der Waals surface area contributed by atoms with Crippen molar-refractivity contribution in [1.82, 2.24) is 5.32 Å². The van der Waals surface area contributed by atoms with Crippen LogP contribution in [-0.2, 0) is 4.79 Å². The first-order valence-corrected chi connectivity index (χ1v) is 13.1.